The molecule has 4 fully saturated rings. The third-order valence-corrected chi connectivity index (χ3v) is 8.30. The van der Waals surface area contributed by atoms with E-state index in [1.165, 1.54) is 12.8 Å². The van der Waals surface area contributed by atoms with Crippen molar-refractivity contribution in [3.05, 3.63) is 0 Å². The van der Waals surface area contributed by atoms with Gasteiger partial charge in [-0.25, -0.2) is 12.7 Å². The second kappa shape index (κ2) is 6.03. The monoisotopic (exact) mass is 340 g/mol. The highest BCUT2D eigenvalue weighted by Crippen LogP contribution is 2.39. The molecule has 0 N–H and O–H groups in total. The van der Waals surface area contributed by atoms with E-state index in [9.17, 15) is 13.2 Å². The van der Waals surface area contributed by atoms with Crippen LogP contribution in [0.2, 0.25) is 0 Å². The van der Waals surface area contributed by atoms with Crippen molar-refractivity contribution in [2.45, 2.75) is 69.9 Å². The Labute approximate surface area is 139 Å². The highest BCUT2D eigenvalue weighted by Gasteiger charge is 2.46. The first-order chi connectivity index (χ1) is 11.0. The third kappa shape index (κ3) is 3.16. The smallest absolute Gasteiger partial charge is 0.223 e. The predicted octanol–water partition coefficient (Wildman–Crippen LogP) is 1.98. The molecule has 2 saturated heterocycles. The van der Waals surface area contributed by atoms with Crippen molar-refractivity contribution in [2.75, 3.05) is 18.8 Å². The van der Waals surface area contributed by atoms with Crippen LogP contribution in [-0.4, -0.2) is 54.5 Å². The quantitative estimate of drug-likeness (QED) is 0.786. The summed E-state index contributed by atoms with van der Waals surface area (Å²) in [5.41, 5.74) is 0. The van der Waals surface area contributed by atoms with Crippen molar-refractivity contribution in [3.8, 4) is 0 Å². The number of hydrogen-bond acceptors (Lipinski definition) is 3. The van der Waals surface area contributed by atoms with Crippen molar-refractivity contribution in [3.63, 3.8) is 0 Å². The third-order valence-electron chi connectivity index (χ3n) is 6.29. The molecule has 0 bridgehead atoms. The standard InChI is InChI=1S/C17H28N2O3S/c20-17-8-5-14-11-18(10-9-16(14)19(17)15-6-7-15)23(21,22)12-13-3-1-2-4-13/h13-16H,1-12H2/t14-,16+/m0/s1. The number of piperidine rings is 2. The lowest BCUT2D eigenvalue weighted by Gasteiger charge is -2.47. The van der Waals surface area contributed by atoms with Gasteiger partial charge < -0.3 is 4.90 Å². The van der Waals surface area contributed by atoms with Crippen LogP contribution < -0.4 is 0 Å². The van der Waals surface area contributed by atoms with Crippen molar-refractivity contribution in [1.29, 1.82) is 0 Å². The number of likely N-dealkylation sites (tertiary alicyclic amines) is 1. The molecule has 0 radical (unpaired) electrons. The van der Waals surface area contributed by atoms with Crippen LogP contribution in [0.3, 0.4) is 0 Å². The summed E-state index contributed by atoms with van der Waals surface area (Å²) in [6.07, 6.45) is 9.09. The van der Waals surface area contributed by atoms with E-state index in [0.29, 0.717) is 55.1 Å². The van der Waals surface area contributed by atoms with Gasteiger partial charge in [0.1, 0.15) is 0 Å². The number of carbonyl (C=O) groups excluding carboxylic acids is 1. The van der Waals surface area contributed by atoms with Gasteiger partial charge in [0.2, 0.25) is 15.9 Å². The van der Waals surface area contributed by atoms with E-state index in [4.69, 9.17) is 0 Å². The van der Waals surface area contributed by atoms with E-state index < -0.39 is 10.0 Å². The van der Waals surface area contributed by atoms with Gasteiger partial charge in [0.25, 0.3) is 0 Å². The van der Waals surface area contributed by atoms with Crippen molar-refractivity contribution < 1.29 is 13.2 Å². The Morgan fingerprint density at radius 2 is 1.74 bits per heavy atom. The summed E-state index contributed by atoms with van der Waals surface area (Å²) in [5, 5.41) is 0. The van der Waals surface area contributed by atoms with Gasteiger partial charge >= 0.3 is 0 Å². The van der Waals surface area contributed by atoms with Crippen LogP contribution >= 0.6 is 0 Å². The summed E-state index contributed by atoms with van der Waals surface area (Å²) in [6.45, 7) is 1.24. The van der Waals surface area contributed by atoms with Crippen molar-refractivity contribution in [1.82, 2.24) is 9.21 Å². The SMILES string of the molecule is O=C1CC[C@H]2CN(S(=O)(=O)CC3CCCC3)CC[C@H]2N1C1CC1. The van der Waals surface area contributed by atoms with Crippen LogP contribution in [0.15, 0.2) is 0 Å². The molecule has 0 aromatic heterocycles. The topological polar surface area (TPSA) is 57.7 Å². The highest BCUT2D eigenvalue weighted by atomic mass is 32.2. The van der Waals surface area contributed by atoms with Crippen LogP contribution in [0.4, 0.5) is 0 Å². The maximum atomic E-state index is 12.8. The fraction of sp³-hybridized carbons (Fsp3) is 0.941. The Kier molecular flexibility index (Phi) is 4.16. The molecule has 2 heterocycles. The van der Waals surface area contributed by atoms with Gasteiger partial charge in [-0.05, 0) is 50.4 Å². The maximum absolute atomic E-state index is 12.8. The number of amides is 1. The fourth-order valence-corrected chi connectivity index (χ4v) is 6.86. The molecule has 2 atom stereocenters. The molecule has 0 aromatic carbocycles. The zero-order valence-corrected chi connectivity index (χ0v) is 14.6. The molecule has 0 unspecified atom stereocenters. The lowest BCUT2D eigenvalue weighted by molar-refractivity contribution is -0.141. The van der Waals surface area contributed by atoms with Gasteiger partial charge in [-0.15, -0.1) is 0 Å². The Hall–Kier alpha value is -0.620. The number of fused-ring (bicyclic) bond motifs is 1. The Morgan fingerprint density at radius 1 is 1.00 bits per heavy atom. The minimum Gasteiger partial charge on any atom is -0.336 e. The molecule has 0 aromatic rings. The number of nitrogens with zero attached hydrogens (tertiary/aromatic N) is 2. The summed E-state index contributed by atoms with van der Waals surface area (Å²) in [6, 6.07) is 0.749. The summed E-state index contributed by atoms with van der Waals surface area (Å²) in [5.74, 6) is 1.36. The molecule has 2 saturated carbocycles. The van der Waals surface area contributed by atoms with Crippen LogP contribution in [0, 0.1) is 11.8 Å². The maximum Gasteiger partial charge on any atom is 0.223 e. The molecule has 5 nitrogen and oxygen atoms in total. The number of sulfonamides is 1. The molecular weight excluding hydrogens is 312 g/mol. The minimum atomic E-state index is -3.12. The number of rotatable bonds is 4. The van der Waals surface area contributed by atoms with Gasteiger partial charge in [-0.3, -0.25) is 4.79 Å². The Morgan fingerprint density at radius 3 is 2.43 bits per heavy atom. The molecule has 2 aliphatic carbocycles. The van der Waals surface area contributed by atoms with Gasteiger partial charge in [0.15, 0.2) is 0 Å². The van der Waals surface area contributed by atoms with Gasteiger partial charge in [-0.2, -0.15) is 0 Å². The Bertz CT molecular complexity index is 566. The lowest BCUT2D eigenvalue weighted by atomic mass is 9.84. The van der Waals surface area contributed by atoms with Crippen molar-refractivity contribution in [2.24, 2.45) is 11.8 Å². The molecule has 0 spiro atoms. The van der Waals surface area contributed by atoms with Crippen LogP contribution in [0.25, 0.3) is 0 Å². The lowest BCUT2D eigenvalue weighted by Crippen LogP contribution is -2.57. The molecule has 1 amide bonds. The summed E-state index contributed by atoms with van der Waals surface area (Å²) in [7, 11) is -3.12. The van der Waals surface area contributed by atoms with E-state index in [0.717, 1.165) is 38.5 Å². The second-order valence-electron chi connectivity index (χ2n) is 7.97. The van der Waals surface area contributed by atoms with Crippen LogP contribution in [0.5, 0.6) is 0 Å². The summed E-state index contributed by atoms with van der Waals surface area (Å²) < 4.78 is 27.3. The first-order valence-electron chi connectivity index (χ1n) is 9.33. The van der Waals surface area contributed by atoms with Gasteiger partial charge in [0, 0.05) is 31.6 Å². The van der Waals surface area contributed by atoms with Crippen molar-refractivity contribution >= 4 is 15.9 Å². The van der Waals surface area contributed by atoms with Crippen LogP contribution in [-0.2, 0) is 14.8 Å². The Balaban J connectivity index is 1.43. The van der Waals surface area contributed by atoms with Gasteiger partial charge in [-0.1, -0.05) is 12.8 Å². The second-order valence-corrected chi connectivity index (χ2v) is 9.99. The molecule has 4 rings (SSSR count). The molecule has 6 heteroatoms. The zero-order chi connectivity index (χ0) is 16.0. The van der Waals surface area contributed by atoms with E-state index in [1.54, 1.807) is 4.31 Å². The summed E-state index contributed by atoms with van der Waals surface area (Å²) in [4.78, 5) is 14.4. The first kappa shape index (κ1) is 15.9. The highest BCUT2D eigenvalue weighted by molar-refractivity contribution is 7.89. The molecule has 4 aliphatic rings. The number of hydrogen-bond donors (Lipinski definition) is 0. The predicted molar refractivity (Wildman–Crippen MR) is 88.3 cm³/mol. The average Bonchev–Trinajstić information content (AvgIpc) is 3.23. The molecule has 2 aliphatic heterocycles. The number of carbonyl (C=O) groups is 1. The zero-order valence-electron chi connectivity index (χ0n) is 13.8. The molecular formula is C17H28N2O3S. The van der Waals surface area contributed by atoms with E-state index in [1.807, 2.05) is 0 Å². The van der Waals surface area contributed by atoms with E-state index in [-0.39, 0.29) is 0 Å². The van der Waals surface area contributed by atoms with E-state index >= 15 is 0 Å². The molecule has 23 heavy (non-hydrogen) atoms. The summed E-state index contributed by atoms with van der Waals surface area (Å²) >= 11 is 0. The normalized spacial score (nSPS) is 33.9. The fourth-order valence-electron chi connectivity index (χ4n) is 4.92. The average molecular weight is 340 g/mol. The minimum absolute atomic E-state index is 0.293. The largest absolute Gasteiger partial charge is 0.336 e. The van der Waals surface area contributed by atoms with Crippen LogP contribution in [0.1, 0.15) is 57.8 Å². The first-order valence-corrected chi connectivity index (χ1v) is 10.9. The van der Waals surface area contributed by atoms with E-state index in [2.05, 4.69) is 4.90 Å². The molecule has 130 valence electrons. The van der Waals surface area contributed by atoms with Gasteiger partial charge in [0.05, 0.1) is 5.75 Å².